The molecule has 0 bridgehead atoms. The van der Waals surface area contributed by atoms with Crippen molar-refractivity contribution in [1.82, 2.24) is 14.5 Å². The largest absolute Gasteiger partial charge is 0.421 e. The quantitative estimate of drug-likeness (QED) is 0.180. The number of aromatic nitrogens is 3. The van der Waals surface area contributed by atoms with Gasteiger partial charge in [0.25, 0.3) is 0 Å². The number of hydrogen-bond acceptors (Lipinski definition) is 3. The molecule has 1 saturated carbocycles. The fourth-order valence-corrected chi connectivity index (χ4v) is 10.9. The molecule has 4 nitrogen and oxygen atoms in total. The van der Waals surface area contributed by atoms with E-state index < -0.39 is 0 Å². The van der Waals surface area contributed by atoms with Gasteiger partial charge in [-0.3, -0.25) is 4.57 Å². The van der Waals surface area contributed by atoms with Gasteiger partial charge < -0.3 is 4.74 Å². The summed E-state index contributed by atoms with van der Waals surface area (Å²) in [4.78, 5) is 10.3. The van der Waals surface area contributed by atoms with Gasteiger partial charge in [-0.1, -0.05) is 120 Å². The summed E-state index contributed by atoms with van der Waals surface area (Å²) in [7, 11) is 0. The standard InChI is InChI=1S/C49H47N3O/c1-47(2)40-21-11-12-22-41(40)48(3,4)49(47)30-34-17-13-20-36(39(34)31-49)42-23-14-24-44(50-42)53-45-28-26-37-38-29-33(32-15-7-5-8-16-32)25-27-43(38)52(46(37)51-45)35-18-9-6-10-19-35/h6,9-14,17-29,32H,5,7-8,15-16,30-31H2,1-4H3. The lowest BCUT2D eigenvalue weighted by molar-refractivity contribution is 0.0889. The van der Waals surface area contributed by atoms with Crippen LogP contribution >= 0.6 is 0 Å². The second kappa shape index (κ2) is 11.9. The van der Waals surface area contributed by atoms with Crippen molar-refractivity contribution in [3.8, 4) is 28.7 Å². The molecule has 0 atom stereocenters. The summed E-state index contributed by atoms with van der Waals surface area (Å²) in [5, 5.41) is 2.39. The summed E-state index contributed by atoms with van der Waals surface area (Å²) in [5.41, 5.74) is 12.7. The highest BCUT2D eigenvalue weighted by Crippen LogP contribution is 2.67. The van der Waals surface area contributed by atoms with Gasteiger partial charge in [-0.05, 0) is 112 Å². The number of ether oxygens (including phenoxy) is 1. The SMILES string of the molecule is CC1(C)c2ccccc2C(C)(C)C12Cc1cccc(-c3cccc(Oc4ccc5c6cc(C7CCCCC7)ccc6n(-c6ccccc6)c5n4)n3)c1C2. The third-order valence-electron chi connectivity index (χ3n) is 13.8. The predicted molar refractivity (Wildman–Crippen MR) is 216 cm³/mol. The van der Waals surface area contributed by atoms with Gasteiger partial charge in [0, 0.05) is 34.2 Å². The Hall–Kier alpha value is -5.22. The zero-order valence-corrected chi connectivity index (χ0v) is 31.3. The van der Waals surface area contributed by atoms with E-state index in [4.69, 9.17) is 14.7 Å². The summed E-state index contributed by atoms with van der Waals surface area (Å²) in [6.07, 6.45) is 8.64. The third kappa shape index (κ3) is 4.80. The maximum absolute atomic E-state index is 6.54. The first-order chi connectivity index (χ1) is 25.7. The highest BCUT2D eigenvalue weighted by atomic mass is 16.5. The van der Waals surface area contributed by atoms with Gasteiger partial charge in [0.1, 0.15) is 5.65 Å². The number of benzene rings is 4. The van der Waals surface area contributed by atoms with Crippen molar-refractivity contribution >= 4 is 21.9 Å². The van der Waals surface area contributed by atoms with Crippen LogP contribution in [0.4, 0.5) is 0 Å². The van der Waals surface area contributed by atoms with Crippen molar-refractivity contribution in [2.24, 2.45) is 5.41 Å². The van der Waals surface area contributed by atoms with Crippen LogP contribution in [0, 0.1) is 5.41 Å². The first-order valence-electron chi connectivity index (χ1n) is 19.6. The monoisotopic (exact) mass is 693 g/mol. The molecule has 1 fully saturated rings. The maximum Gasteiger partial charge on any atom is 0.223 e. The van der Waals surface area contributed by atoms with E-state index in [9.17, 15) is 0 Å². The Kier molecular flexibility index (Phi) is 7.28. The van der Waals surface area contributed by atoms with Crippen molar-refractivity contribution in [2.45, 2.75) is 89.4 Å². The Morgan fingerprint density at radius 2 is 1.34 bits per heavy atom. The molecule has 3 aliphatic rings. The zero-order valence-electron chi connectivity index (χ0n) is 31.3. The molecule has 3 aromatic heterocycles. The Bertz CT molecular complexity index is 2500. The predicted octanol–water partition coefficient (Wildman–Crippen LogP) is 12.4. The molecule has 0 radical (unpaired) electrons. The van der Waals surface area contributed by atoms with Crippen LogP contribution in [0.1, 0.15) is 93.5 Å². The van der Waals surface area contributed by atoms with E-state index >= 15 is 0 Å². The molecular formula is C49H47N3O. The fourth-order valence-electron chi connectivity index (χ4n) is 10.9. The van der Waals surface area contributed by atoms with Crippen molar-refractivity contribution in [2.75, 3.05) is 0 Å². The van der Waals surface area contributed by atoms with Crippen LogP contribution in [0.25, 0.3) is 38.9 Å². The summed E-state index contributed by atoms with van der Waals surface area (Å²) >= 11 is 0. The number of fused-ring (bicyclic) bond motifs is 5. The second-order valence-electron chi connectivity index (χ2n) is 16.9. The Morgan fingerprint density at radius 3 is 2.11 bits per heavy atom. The van der Waals surface area contributed by atoms with E-state index in [2.05, 4.69) is 141 Å². The van der Waals surface area contributed by atoms with Gasteiger partial charge >= 0.3 is 0 Å². The highest BCUT2D eigenvalue weighted by molar-refractivity contribution is 6.08. The Balaban J connectivity index is 1.01. The molecule has 0 aliphatic heterocycles. The second-order valence-corrected chi connectivity index (χ2v) is 16.9. The average Bonchev–Trinajstić information content (AvgIpc) is 3.79. The van der Waals surface area contributed by atoms with E-state index in [0.717, 1.165) is 35.3 Å². The molecular weight excluding hydrogens is 647 g/mol. The summed E-state index contributed by atoms with van der Waals surface area (Å²) < 4.78 is 8.82. The third-order valence-corrected chi connectivity index (χ3v) is 13.8. The van der Waals surface area contributed by atoms with Crippen LogP contribution in [0.2, 0.25) is 0 Å². The van der Waals surface area contributed by atoms with E-state index in [1.54, 1.807) is 0 Å². The molecule has 53 heavy (non-hydrogen) atoms. The van der Waals surface area contributed by atoms with Gasteiger partial charge in [0.2, 0.25) is 11.8 Å². The minimum atomic E-state index is 0.0335. The van der Waals surface area contributed by atoms with Crippen LogP contribution in [0.15, 0.2) is 121 Å². The van der Waals surface area contributed by atoms with Crippen molar-refractivity contribution in [3.05, 3.63) is 149 Å². The maximum atomic E-state index is 6.54. The zero-order chi connectivity index (χ0) is 36.0. The average molecular weight is 694 g/mol. The normalized spacial score (nSPS) is 18.4. The van der Waals surface area contributed by atoms with Gasteiger partial charge in [-0.15, -0.1) is 0 Å². The fraction of sp³-hybridized carbons (Fsp3) is 0.306. The minimum absolute atomic E-state index is 0.0335. The van der Waals surface area contributed by atoms with Crippen molar-refractivity contribution in [3.63, 3.8) is 0 Å². The summed E-state index contributed by atoms with van der Waals surface area (Å²) in [6.45, 7) is 9.87. The number of hydrogen-bond donors (Lipinski definition) is 0. The van der Waals surface area contributed by atoms with E-state index in [1.807, 2.05) is 12.1 Å². The molecule has 4 aromatic carbocycles. The van der Waals surface area contributed by atoms with Crippen LogP contribution in [0.5, 0.6) is 11.8 Å². The molecule has 0 amide bonds. The van der Waals surface area contributed by atoms with Crippen molar-refractivity contribution in [1.29, 1.82) is 0 Å². The smallest absolute Gasteiger partial charge is 0.223 e. The van der Waals surface area contributed by atoms with E-state index in [0.29, 0.717) is 17.7 Å². The molecule has 264 valence electrons. The molecule has 0 saturated heterocycles. The molecule has 10 rings (SSSR count). The van der Waals surface area contributed by atoms with Crippen LogP contribution in [0.3, 0.4) is 0 Å². The number of nitrogens with zero attached hydrogens (tertiary/aromatic N) is 3. The molecule has 0 unspecified atom stereocenters. The lowest BCUT2D eigenvalue weighted by Gasteiger charge is -2.48. The van der Waals surface area contributed by atoms with Gasteiger partial charge in [0.15, 0.2) is 0 Å². The van der Waals surface area contributed by atoms with Crippen molar-refractivity contribution < 1.29 is 4.74 Å². The number of pyridine rings is 2. The molecule has 4 heteroatoms. The lowest BCUT2D eigenvalue weighted by atomic mass is 9.55. The lowest BCUT2D eigenvalue weighted by Crippen LogP contribution is -2.48. The topological polar surface area (TPSA) is 39.9 Å². The molecule has 7 aromatic rings. The van der Waals surface area contributed by atoms with Gasteiger partial charge in [-0.25, -0.2) is 4.98 Å². The summed E-state index contributed by atoms with van der Waals surface area (Å²) in [6, 6.07) is 43.9. The molecule has 1 spiro atoms. The molecule has 0 N–H and O–H groups in total. The number of para-hydroxylation sites is 1. The molecule has 3 aliphatic carbocycles. The van der Waals surface area contributed by atoms with Gasteiger partial charge in [-0.2, -0.15) is 4.98 Å². The first-order valence-corrected chi connectivity index (χ1v) is 19.6. The Labute approximate surface area is 312 Å². The van der Waals surface area contributed by atoms with Crippen LogP contribution in [-0.2, 0) is 23.7 Å². The van der Waals surface area contributed by atoms with Crippen LogP contribution < -0.4 is 4.74 Å². The van der Waals surface area contributed by atoms with E-state index in [-0.39, 0.29) is 16.2 Å². The number of rotatable bonds is 5. The first kappa shape index (κ1) is 32.4. The Morgan fingerprint density at radius 1 is 0.623 bits per heavy atom. The van der Waals surface area contributed by atoms with Crippen LogP contribution in [-0.4, -0.2) is 14.5 Å². The van der Waals surface area contributed by atoms with Gasteiger partial charge in [0.05, 0.1) is 11.2 Å². The summed E-state index contributed by atoms with van der Waals surface area (Å²) in [5.74, 6) is 1.73. The highest BCUT2D eigenvalue weighted by Gasteiger charge is 2.63. The van der Waals surface area contributed by atoms with E-state index in [1.165, 1.54) is 76.4 Å². The molecule has 3 heterocycles. The minimum Gasteiger partial charge on any atom is -0.421 e.